The van der Waals surface area contributed by atoms with Gasteiger partial charge in [-0.2, -0.15) is 0 Å². The minimum Gasteiger partial charge on any atom is -0.490 e. The Labute approximate surface area is 167 Å². The van der Waals surface area contributed by atoms with E-state index in [1.54, 1.807) is 26.0 Å². The molecule has 1 aliphatic heterocycles. The number of carbonyl (C=O) groups is 2. The molecule has 5 nitrogen and oxygen atoms in total. The van der Waals surface area contributed by atoms with E-state index >= 15 is 0 Å². The number of rotatable bonds is 6. The first-order valence-corrected chi connectivity index (χ1v) is 9.99. The number of carbonyl (C=O) groups excluding carboxylic acids is 2. The highest BCUT2D eigenvalue weighted by atomic mass is 16.5. The van der Waals surface area contributed by atoms with Gasteiger partial charge in [0, 0.05) is 12.0 Å². The maximum absolute atomic E-state index is 13.9. The van der Waals surface area contributed by atoms with Crippen molar-refractivity contribution in [2.45, 2.75) is 65.1 Å². The second-order valence-corrected chi connectivity index (χ2v) is 9.72. The molecule has 0 radical (unpaired) electrons. The van der Waals surface area contributed by atoms with Gasteiger partial charge in [-0.15, -0.1) is 13.2 Å². The first-order chi connectivity index (χ1) is 12.9. The molecule has 1 heterocycles. The molecule has 2 bridgehead atoms. The number of hydrogen-bond acceptors (Lipinski definition) is 5. The zero-order valence-corrected chi connectivity index (χ0v) is 17.4. The van der Waals surface area contributed by atoms with Crippen molar-refractivity contribution in [1.82, 2.24) is 0 Å². The summed E-state index contributed by atoms with van der Waals surface area (Å²) in [6.45, 7) is 14.2. The molecule has 0 aromatic rings. The number of Topliss-reactive ketones (excluding diaryl/α,β-unsaturated/α-hetero) is 2. The molecule has 2 aliphatic carbocycles. The molecule has 5 heteroatoms. The van der Waals surface area contributed by atoms with Gasteiger partial charge in [-0.1, -0.05) is 26.0 Å². The summed E-state index contributed by atoms with van der Waals surface area (Å²) in [6.07, 6.45) is 4.56. The molecule has 154 valence electrons. The Bertz CT molecular complexity index is 768. The number of allylic oxidation sites excluding steroid dienone is 4. The van der Waals surface area contributed by atoms with Crippen molar-refractivity contribution in [3.63, 3.8) is 0 Å². The van der Waals surface area contributed by atoms with Crippen LogP contribution in [-0.2, 0) is 14.3 Å². The van der Waals surface area contributed by atoms with Crippen LogP contribution in [0.2, 0.25) is 0 Å². The predicted molar refractivity (Wildman–Crippen MR) is 106 cm³/mol. The average Bonchev–Trinajstić information content (AvgIpc) is 2.99. The summed E-state index contributed by atoms with van der Waals surface area (Å²) in [4.78, 5) is 27.6. The number of hydrogen-bond donors (Lipinski definition) is 2. The Hall–Kier alpha value is -1.72. The van der Waals surface area contributed by atoms with Crippen molar-refractivity contribution >= 4 is 11.6 Å². The molecule has 4 atom stereocenters. The molecular formula is C23H32O5. The van der Waals surface area contributed by atoms with Crippen molar-refractivity contribution in [2.24, 2.45) is 22.2 Å². The normalized spacial score (nSPS) is 36.8. The smallest absolute Gasteiger partial charge is 0.179 e. The van der Waals surface area contributed by atoms with Crippen LogP contribution in [0, 0.1) is 22.2 Å². The largest absolute Gasteiger partial charge is 0.490 e. The van der Waals surface area contributed by atoms with E-state index in [2.05, 4.69) is 13.2 Å². The maximum Gasteiger partial charge on any atom is 0.179 e. The quantitative estimate of drug-likeness (QED) is 0.540. The van der Waals surface area contributed by atoms with Crippen LogP contribution in [0.25, 0.3) is 0 Å². The maximum atomic E-state index is 13.9. The van der Waals surface area contributed by atoms with Crippen LogP contribution in [0.4, 0.5) is 0 Å². The molecule has 3 aliphatic rings. The second-order valence-electron chi connectivity index (χ2n) is 9.72. The monoisotopic (exact) mass is 388 g/mol. The van der Waals surface area contributed by atoms with Gasteiger partial charge >= 0.3 is 0 Å². The van der Waals surface area contributed by atoms with E-state index in [0.29, 0.717) is 30.6 Å². The van der Waals surface area contributed by atoms with Crippen LogP contribution in [-0.4, -0.2) is 40.1 Å². The van der Waals surface area contributed by atoms with E-state index in [1.165, 1.54) is 0 Å². The molecule has 0 aromatic heterocycles. The highest BCUT2D eigenvalue weighted by molar-refractivity contribution is 6.21. The molecule has 3 rings (SSSR count). The van der Waals surface area contributed by atoms with Crippen LogP contribution >= 0.6 is 0 Å². The Morgan fingerprint density at radius 1 is 1.21 bits per heavy atom. The number of ketones is 2. The topological polar surface area (TPSA) is 83.8 Å². The summed E-state index contributed by atoms with van der Waals surface area (Å²) in [6, 6.07) is 0. The van der Waals surface area contributed by atoms with Gasteiger partial charge in [0.2, 0.25) is 0 Å². The Morgan fingerprint density at radius 2 is 1.86 bits per heavy atom. The fraction of sp³-hybridized carbons (Fsp3) is 0.652. The van der Waals surface area contributed by atoms with E-state index in [4.69, 9.17) is 4.74 Å². The first-order valence-electron chi connectivity index (χ1n) is 9.99. The Balaban J connectivity index is 2.32. The lowest BCUT2D eigenvalue weighted by molar-refractivity contribution is -0.174. The van der Waals surface area contributed by atoms with E-state index < -0.39 is 34.6 Å². The SMILES string of the molecule is C=CCC1=C2O[C@H](C(C)(C)O)C[C@@]23C[C@H](CC=C)C(C)(C)[C@@](CO)(C1=O)C3=O. The summed E-state index contributed by atoms with van der Waals surface area (Å²) in [5, 5.41) is 21.1. The Morgan fingerprint density at radius 3 is 2.36 bits per heavy atom. The van der Waals surface area contributed by atoms with E-state index in [1.807, 2.05) is 13.8 Å². The highest BCUT2D eigenvalue weighted by Gasteiger charge is 2.74. The molecule has 2 N–H and O–H groups in total. The van der Waals surface area contributed by atoms with Crippen LogP contribution in [0.5, 0.6) is 0 Å². The van der Waals surface area contributed by atoms with Crippen LogP contribution in [0.3, 0.4) is 0 Å². The summed E-state index contributed by atoms with van der Waals surface area (Å²) in [7, 11) is 0. The average molecular weight is 389 g/mol. The van der Waals surface area contributed by atoms with Crippen LogP contribution < -0.4 is 0 Å². The summed E-state index contributed by atoms with van der Waals surface area (Å²) in [5.41, 5.74) is -3.99. The van der Waals surface area contributed by atoms with Gasteiger partial charge in [0.1, 0.15) is 17.3 Å². The fourth-order valence-corrected chi connectivity index (χ4v) is 5.66. The van der Waals surface area contributed by atoms with Gasteiger partial charge in [-0.3, -0.25) is 9.59 Å². The molecule has 2 fully saturated rings. The zero-order valence-electron chi connectivity index (χ0n) is 17.4. The number of aliphatic hydroxyl groups excluding tert-OH is 1. The van der Waals surface area contributed by atoms with Crippen molar-refractivity contribution < 1.29 is 24.5 Å². The standard InChI is InChI=1S/C23H32O5/c1-7-9-14-11-22-12-16(21(5,6)27)28-18(22)15(10-8-2)17(25)23(13-24,19(22)26)20(14,3)4/h7-8,14,16,24,27H,1-2,9-13H2,3-6H3/t14-,16-,22-,23-/m0/s1. The highest BCUT2D eigenvalue weighted by Crippen LogP contribution is 2.67. The van der Waals surface area contributed by atoms with Crippen molar-refractivity contribution in [2.75, 3.05) is 6.61 Å². The first kappa shape index (κ1) is 21.0. The number of aliphatic hydroxyl groups is 2. The molecule has 0 amide bonds. The third-order valence-corrected chi connectivity index (χ3v) is 7.53. The third-order valence-electron chi connectivity index (χ3n) is 7.53. The molecule has 0 aromatic carbocycles. The Kier molecular flexibility index (Phi) is 4.80. The van der Waals surface area contributed by atoms with Gasteiger partial charge < -0.3 is 14.9 Å². The van der Waals surface area contributed by atoms with Gasteiger partial charge in [0.05, 0.1) is 17.6 Å². The summed E-state index contributed by atoms with van der Waals surface area (Å²) in [5.74, 6) is -0.251. The predicted octanol–water partition coefficient (Wildman–Crippen LogP) is 3.12. The molecule has 28 heavy (non-hydrogen) atoms. The molecule has 1 saturated heterocycles. The molecule has 1 spiro atoms. The van der Waals surface area contributed by atoms with Crippen LogP contribution in [0.1, 0.15) is 53.4 Å². The molecule has 1 saturated carbocycles. The second kappa shape index (κ2) is 6.39. The van der Waals surface area contributed by atoms with Crippen molar-refractivity contribution in [3.8, 4) is 0 Å². The molecular weight excluding hydrogens is 356 g/mol. The lowest BCUT2D eigenvalue weighted by Crippen LogP contribution is -2.67. The number of fused-ring (bicyclic) bond motifs is 1. The van der Waals surface area contributed by atoms with E-state index in [0.717, 1.165) is 0 Å². The van der Waals surface area contributed by atoms with Crippen molar-refractivity contribution in [1.29, 1.82) is 0 Å². The number of ether oxygens (including phenoxy) is 1. The minimum absolute atomic E-state index is 0.0248. The van der Waals surface area contributed by atoms with Gasteiger partial charge in [-0.05, 0) is 44.4 Å². The van der Waals surface area contributed by atoms with Gasteiger partial charge in [0.15, 0.2) is 11.6 Å². The summed E-state index contributed by atoms with van der Waals surface area (Å²) >= 11 is 0. The lowest BCUT2D eigenvalue weighted by atomic mass is 9.41. The molecule has 0 unspecified atom stereocenters. The lowest BCUT2D eigenvalue weighted by Gasteiger charge is -2.58. The zero-order chi connectivity index (χ0) is 21.1. The van der Waals surface area contributed by atoms with Crippen molar-refractivity contribution in [3.05, 3.63) is 36.6 Å². The van der Waals surface area contributed by atoms with Gasteiger partial charge in [0.25, 0.3) is 0 Å². The van der Waals surface area contributed by atoms with Crippen LogP contribution in [0.15, 0.2) is 36.6 Å². The minimum atomic E-state index is -1.52. The third kappa shape index (κ3) is 2.38. The fourth-order valence-electron chi connectivity index (χ4n) is 5.66. The van der Waals surface area contributed by atoms with E-state index in [-0.39, 0.29) is 23.9 Å². The van der Waals surface area contributed by atoms with E-state index in [9.17, 15) is 19.8 Å². The summed E-state index contributed by atoms with van der Waals surface area (Å²) < 4.78 is 6.13. The van der Waals surface area contributed by atoms with Gasteiger partial charge in [-0.25, -0.2) is 0 Å².